The van der Waals surface area contributed by atoms with Gasteiger partial charge in [0.25, 0.3) is 0 Å². The number of carbonyl (C=O) groups is 1. The van der Waals surface area contributed by atoms with Crippen LogP contribution in [0.2, 0.25) is 0 Å². The number of benzene rings is 1. The summed E-state index contributed by atoms with van der Waals surface area (Å²) in [7, 11) is 3.07. The second-order valence-corrected chi connectivity index (χ2v) is 3.69. The first-order valence-corrected chi connectivity index (χ1v) is 5.35. The first-order chi connectivity index (χ1) is 8.67. The van der Waals surface area contributed by atoms with E-state index in [0.717, 1.165) is 0 Å². The van der Waals surface area contributed by atoms with E-state index < -0.39 is 0 Å². The van der Waals surface area contributed by atoms with Gasteiger partial charge in [-0.15, -0.1) is 0 Å². The number of ketones is 1. The Hall–Kier alpha value is -2.30. The third kappa shape index (κ3) is 2.07. The van der Waals surface area contributed by atoms with E-state index in [2.05, 4.69) is 5.16 Å². The Balaban J connectivity index is 2.40. The predicted molar refractivity (Wildman–Crippen MR) is 64.2 cm³/mol. The van der Waals surface area contributed by atoms with E-state index >= 15 is 0 Å². The lowest BCUT2D eigenvalue weighted by molar-refractivity contribution is 0.103. The van der Waals surface area contributed by atoms with Crippen molar-refractivity contribution in [2.45, 2.75) is 6.92 Å². The molecule has 2 rings (SSSR count). The molecule has 94 valence electrons. The van der Waals surface area contributed by atoms with Crippen LogP contribution in [0.1, 0.15) is 21.7 Å². The minimum absolute atomic E-state index is 0.158. The molecular weight excluding hydrogens is 234 g/mol. The summed E-state index contributed by atoms with van der Waals surface area (Å²) in [5.74, 6) is 1.43. The Bertz CT molecular complexity index is 574. The van der Waals surface area contributed by atoms with Gasteiger partial charge in [-0.05, 0) is 25.1 Å². The van der Waals surface area contributed by atoms with Crippen molar-refractivity contribution in [1.29, 1.82) is 0 Å². The van der Waals surface area contributed by atoms with Gasteiger partial charge < -0.3 is 14.0 Å². The third-order valence-electron chi connectivity index (χ3n) is 2.64. The summed E-state index contributed by atoms with van der Waals surface area (Å²) in [4.78, 5) is 12.2. The zero-order valence-corrected chi connectivity index (χ0v) is 10.4. The van der Waals surface area contributed by atoms with E-state index in [9.17, 15) is 4.79 Å². The number of hydrogen-bond acceptors (Lipinski definition) is 5. The molecule has 0 unspecified atom stereocenters. The van der Waals surface area contributed by atoms with Crippen molar-refractivity contribution in [3.05, 3.63) is 41.3 Å². The molecule has 0 aliphatic heterocycles. The van der Waals surface area contributed by atoms with Crippen LogP contribution in [0.3, 0.4) is 0 Å². The molecule has 0 radical (unpaired) electrons. The Morgan fingerprint density at radius 2 is 1.94 bits per heavy atom. The monoisotopic (exact) mass is 247 g/mol. The molecule has 0 aliphatic carbocycles. The minimum Gasteiger partial charge on any atom is -0.493 e. The first kappa shape index (κ1) is 12.2. The van der Waals surface area contributed by atoms with Crippen LogP contribution in [0.5, 0.6) is 11.5 Å². The molecular formula is C13H13NO4. The van der Waals surface area contributed by atoms with E-state index in [-0.39, 0.29) is 5.78 Å². The topological polar surface area (TPSA) is 61.6 Å². The van der Waals surface area contributed by atoms with Gasteiger partial charge in [0, 0.05) is 5.56 Å². The van der Waals surface area contributed by atoms with Crippen molar-refractivity contribution in [2.24, 2.45) is 0 Å². The van der Waals surface area contributed by atoms with Crippen LogP contribution in [0.15, 0.2) is 28.9 Å². The summed E-state index contributed by atoms with van der Waals surface area (Å²) in [6.07, 6.45) is 1.41. The highest BCUT2D eigenvalue weighted by Crippen LogP contribution is 2.28. The molecule has 1 aromatic heterocycles. The van der Waals surface area contributed by atoms with Crippen LogP contribution in [-0.2, 0) is 0 Å². The quantitative estimate of drug-likeness (QED) is 0.775. The van der Waals surface area contributed by atoms with Crippen molar-refractivity contribution in [3.63, 3.8) is 0 Å². The molecule has 0 saturated carbocycles. The number of nitrogens with zero attached hydrogens (tertiary/aromatic N) is 1. The van der Waals surface area contributed by atoms with Gasteiger partial charge in [0.1, 0.15) is 5.76 Å². The fraction of sp³-hybridized carbons (Fsp3) is 0.231. The van der Waals surface area contributed by atoms with E-state index in [0.29, 0.717) is 28.4 Å². The molecule has 0 fully saturated rings. The van der Waals surface area contributed by atoms with Gasteiger partial charge in [-0.1, -0.05) is 5.16 Å². The van der Waals surface area contributed by atoms with E-state index in [1.54, 1.807) is 32.2 Å². The van der Waals surface area contributed by atoms with E-state index in [1.165, 1.54) is 13.3 Å². The molecule has 2 aromatic rings. The van der Waals surface area contributed by atoms with Crippen molar-refractivity contribution >= 4 is 5.78 Å². The van der Waals surface area contributed by atoms with Crippen LogP contribution < -0.4 is 9.47 Å². The highest BCUT2D eigenvalue weighted by Gasteiger charge is 2.17. The number of aryl methyl sites for hydroxylation is 1. The predicted octanol–water partition coefficient (Wildman–Crippen LogP) is 2.23. The Morgan fingerprint density at radius 3 is 2.50 bits per heavy atom. The summed E-state index contributed by atoms with van der Waals surface area (Å²) in [6.45, 7) is 1.70. The van der Waals surface area contributed by atoms with Crippen LogP contribution >= 0.6 is 0 Å². The molecule has 5 nitrogen and oxygen atoms in total. The fourth-order valence-electron chi connectivity index (χ4n) is 1.65. The summed E-state index contributed by atoms with van der Waals surface area (Å²) >= 11 is 0. The number of carbonyl (C=O) groups excluding carboxylic acids is 1. The average Bonchev–Trinajstić information content (AvgIpc) is 2.83. The summed E-state index contributed by atoms with van der Waals surface area (Å²) in [6, 6.07) is 5.00. The molecule has 18 heavy (non-hydrogen) atoms. The zero-order valence-electron chi connectivity index (χ0n) is 10.4. The second-order valence-electron chi connectivity index (χ2n) is 3.69. The van der Waals surface area contributed by atoms with Gasteiger partial charge in [-0.2, -0.15) is 0 Å². The van der Waals surface area contributed by atoms with Gasteiger partial charge in [0.15, 0.2) is 17.3 Å². The highest BCUT2D eigenvalue weighted by molar-refractivity contribution is 6.09. The minimum atomic E-state index is -0.158. The summed E-state index contributed by atoms with van der Waals surface area (Å²) < 4.78 is 15.2. The Kier molecular flexibility index (Phi) is 3.32. The maximum Gasteiger partial charge on any atom is 0.198 e. The maximum atomic E-state index is 12.2. The van der Waals surface area contributed by atoms with Crippen LogP contribution in [0.4, 0.5) is 0 Å². The maximum absolute atomic E-state index is 12.2. The SMILES string of the molecule is COc1ccc(C(=O)c2cnoc2C)cc1OC. The lowest BCUT2D eigenvalue weighted by Gasteiger charge is -2.08. The molecule has 1 aromatic carbocycles. The van der Waals surface area contributed by atoms with E-state index in [1.807, 2.05) is 0 Å². The average molecular weight is 247 g/mol. The number of ether oxygens (including phenoxy) is 2. The Morgan fingerprint density at radius 1 is 1.22 bits per heavy atom. The molecule has 0 spiro atoms. The molecule has 5 heteroatoms. The number of aromatic nitrogens is 1. The molecule has 0 bridgehead atoms. The van der Waals surface area contributed by atoms with Crippen molar-refractivity contribution in [1.82, 2.24) is 5.16 Å². The molecule has 0 N–H and O–H groups in total. The smallest absolute Gasteiger partial charge is 0.198 e. The number of rotatable bonds is 4. The summed E-state index contributed by atoms with van der Waals surface area (Å²) in [5, 5.41) is 3.59. The molecule has 1 heterocycles. The Labute approximate surface area is 104 Å². The second kappa shape index (κ2) is 4.91. The highest BCUT2D eigenvalue weighted by atomic mass is 16.5. The molecule has 0 amide bonds. The largest absolute Gasteiger partial charge is 0.493 e. The lowest BCUT2D eigenvalue weighted by Crippen LogP contribution is -2.02. The third-order valence-corrected chi connectivity index (χ3v) is 2.64. The van der Waals surface area contributed by atoms with Crippen molar-refractivity contribution in [3.8, 4) is 11.5 Å². The molecule has 0 aliphatic rings. The fourth-order valence-corrected chi connectivity index (χ4v) is 1.65. The lowest BCUT2D eigenvalue weighted by atomic mass is 10.0. The first-order valence-electron chi connectivity index (χ1n) is 5.35. The van der Waals surface area contributed by atoms with Crippen molar-refractivity contribution < 1.29 is 18.8 Å². The van der Waals surface area contributed by atoms with E-state index in [4.69, 9.17) is 14.0 Å². The molecule has 0 saturated heterocycles. The number of hydrogen-bond donors (Lipinski definition) is 0. The summed E-state index contributed by atoms with van der Waals surface area (Å²) in [5.41, 5.74) is 0.946. The van der Waals surface area contributed by atoms with Gasteiger partial charge in [0.2, 0.25) is 0 Å². The van der Waals surface area contributed by atoms with Gasteiger partial charge in [0.05, 0.1) is 26.0 Å². The standard InChI is InChI=1S/C13H13NO4/c1-8-10(7-14-18-8)13(15)9-4-5-11(16-2)12(6-9)17-3/h4-7H,1-3H3. The van der Waals surface area contributed by atoms with Gasteiger partial charge in [-0.25, -0.2) is 0 Å². The number of methoxy groups -OCH3 is 2. The molecule has 0 atom stereocenters. The van der Waals surface area contributed by atoms with Gasteiger partial charge >= 0.3 is 0 Å². The van der Waals surface area contributed by atoms with Crippen LogP contribution in [0, 0.1) is 6.92 Å². The van der Waals surface area contributed by atoms with Crippen molar-refractivity contribution in [2.75, 3.05) is 14.2 Å². The van der Waals surface area contributed by atoms with Gasteiger partial charge in [-0.3, -0.25) is 4.79 Å². The normalized spacial score (nSPS) is 10.2. The zero-order chi connectivity index (χ0) is 13.1. The van der Waals surface area contributed by atoms with Crippen LogP contribution in [-0.4, -0.2) is 25.2 Å². The van der Waals surface area contributed by atoms with Crippen LogP contribution in [0.25, 0.3) is 0 Å².